The maximum atomic E-state index is 12.5. The molecule has 1 aliphatic heterocycles. The molecule has 0 radical (unpaired) electrons. The molecule has 0 spiro atoms. The lowest BCUT2D eigenvalue weighted by atomic mass is 10.1. The average Bonchev–Trinajstić information content (AvgIpc) is 3.24. The summed E-state index contributed by atoms with van der Waals surface area (Å²) in [4.78, 5) is 23.3. The van der Waals surface area contributed by atoms with Gasteiger partial charge in [-0.1, -0.05) is 12.1 Å². The molecule has 0 aliphatic carbocycles. The Balaban J connectivity index is 1.25. The van der Waals surface area contributed by atoms with E-state index in [9.17, 15) is 9.90 Å². The van der Waals surface area contributed by atoms with Gasteiger partial charge in [-0.3, -0.25) is 14.7 Å². The van der Waals surface area contributed by atoms with Crippen molar-refractivity contribution in [3.05, 3.63) is 59.7 Å². The topological polar surface area (TPSA) is 87.6 Å². The van der Waals surface area contributed by atoms with Crippen molar-refractivity contribution < 1.29 is 14.6 Å². The van der Waals surface area contributed by atoms with Gasteiger partial charge in [0.05, 0.1) is 18.2 Å². The van der Waals surface area contributed by atoms with E-state index in [4.69, 9.17) is 4.74 Å². The summed E-state index contributed by atoms with van der Waals surface area (Å²) in [5.41, 5.74) is 2.68. The number of rotatable bonds is 8. The molecule has 1 saturated heterocycles. The Morgan fingerprint density at radius 1 is 1.23 bits per heavy atom. The molecule has 162 valence electrons. The predicted molar refractivity (Wildman–Crippen MR) is 121 cm³/mol. The predicted octanol–water partition coefficient (Wildman–Crippen LogP) is 3.22. The first kappa shape index (κ1) is 21.4. The molecule has 4 rings (SSSR count). The second-order valence-electron chi connectivity index (χ2n) is 7.57. The summed E-state index contributed by atoms with van der Waals surface area (Å²) in [7, 11) is 0. The second kappa shape index (κ2) is 10.5. The summed E-state index contributed by atoms with van der Waals surface area (Å²) in [6.45, 7) is 3.23. The number of aliphatic hydroxyl groups excluding tert-OH is 1. The summed E-state index contributed by atoms with van der Waals surface area (Å²) < 4.78 is 5.88. The smallest absolute Gasteiger partial charge is 0.230 e. The SMILES string of the molecule is O=C(Cc1cccc(OCCN2CCC(O)CC2)c1)Nc1nc(-c2ccncc2)cs1. The first-order chi connectivity index (χ1) is 15.2. The van der Waals surface area contributed by atoms with Crippen LogP contribution < -0.4 is 10.1 Å². The van der Waals surface area contributed by atoms with E-state index in [1.54, 1.807) is 12.4 Å². The first-order valence-electron chi connectivity index (χ1n) is 10.4. The van der Waals surface area contributed by atoms with Gasteiger partial charge < -0.3 is 15.2 Å². The summed E-state index contributed by atoms with van der Waals surface area (Å²) >= 11 is 1.40. The molecule has 2 aromatic heterocycles. The summed E-state index contributed by atoms with van der Waals surface area (Å²) in [5.74, 6) is 0.649. The van der Waals surface area contributed by atoms with Crippen molar-refractivity contribution in [2.75, 3.05) is 31.6 Å². The average molecular weight is 439 g/mol. The number of aliphatic hydroxyl groups is 1. The number of amides is 1. The number of ether oxygens (including phenoxy) is 1. The van der Waals surface area contributed by atoms with Crippen LogP contribution in [0, 0.1) is 0 Å². The molecular weight excluding hydrogens is 412 g/mol. The zero-order valence-electron chi connectivity index (χ0n) is 17.2. The van der Waals surface area contributed by atoms with Crippen LogP contribution in [-0.4, -0.2) is 58.2 Å². The zero-order valence-corrected chi connectivity index (χ0v) is 18.1. The van der Waals surface area contributed by atoms with Crippen molar-refractivity contribution in [3.63, 3.8) is 0 Å². The van der Waals surface area contributed by atoms with Gasteiger partial charge in [0.15, 0.2) is 5.13 Å². The van der Waals surface area contributed by atoms with Crippen LogP contribution in [0.1, 0.15) is 18.4 Å². The molecule has 0 atom stereocenters. The highest BCUT2D eigenvalue weighted by molar-refractivity contribution is 7.14. The quantitative estimate of drug-likeness (QED) is 0.562. The maximum absolute atomic E-state index is 12.5. The Bertz CT molecular complexity index is 987. The second-order valence-corrected chi connectivity index (χ2v) is 8.43. The van der Waals surface area contributed by atoms with Crippen LogP contribution in [0.4, 0.5) is 5.13 Å². The lowest BCUT2D eigenvalue weighted by Gasteiger charge is -2.29. The molecule has 3 aromatic rings. The third-order valence-corrected chi connectivity index (χ3v) is 5.98. The Kier molecular flexibility index (Phi) is 7.24. The minimum Gasteiger partial charge on any atom is -0.492 e. The number of nitrogens with one attached hydrogen (secondary N) is 1. The van der Waals surface area contributed by atoms with Crippen LogP contribution in [0.2, 0.25) is 0 Å². The minimum atomic E-state index is -0.161. The Labute approximate surface area is 185 Å². The van der Waals surface area contributed by atoms with Crippen LogP contribution in [0.3, 0.4) is 0 Å². The molecule has 1 amide bonds. The van der Waals surface area contributed by atoms with Gasteiger partial charge in [-0.2, -0.15) is 0 Å². The van der Waals surface area contributed by atoms with Crippen LogP contribution in [0.25, 0.3) is 11.3 Å². The lowest BCUT2D eigenvalue weighted by Crippen LogP contribution is -2.38. The third-order valence-electron chi connectivity index (χ3n) is 5.22. The van der Waals surface area contributed by atoms with Crippen LogP contribution in [-0.2, 0) is 11.2 Å². The molecular formula is C23H26N4O3S. The van der Waals surface area contributed by atoms with Gasteiger partial charge in [0, 0.05) is 43.0 Å². The number of aromatic nitrogens is 2. The van der Waals surface area contributed by atoms with E-state index >= 15 is 0 Å². The van der Waals surface area contributed by atoms with Crippen molar-refractivity contribution in [1.82, 2.24) is 14.9 Å². The fourth-order valence-electron chi connectivity index (χ4n) is 3.52. The number of nitrogens with zero attached hydrogens (tertiary/aromatic N) is 3. The van der Waals surface area contributed by atoms with Crippen LogP contribution >= 0.6 is 11.3 Å². The molecule has 1 fully saturated rings. The fourth-order valence-corrected chi connectivity index (χ4v) is 4.25. The van der Waals surface area contributed by atoms with E-state index in [0.29, 0.717) is 11.7 Å². The van der Waals surface area contributed by atoms with E-state index in [1.807, 2.05) is 41.8 Å². The standard InChI is InChI=1S/C23H26N4O3S/c28-19-6-10-27(11-7-19)12-13-30-20-3-1-2-17(14-20)15-22(29)26-23-25-21(16-31-23)18-4-8-24-9-5-18/h1-5,8-9,14,16,19,28H,6-7,10-13,15H2,(H,25,26,29). The van der Waals surface area contributed by atoms with Gasteiger partial charge in [0.1, 0.15) is 12.4 Å². The monoisotopic (exact) mass is 438 g/mol. The molecule has 31 heavy (non-hydrogen) atoms. The molecule has 1 aromatic carbocycles. The van der Waals surface area contributed by atoms with Crippen molar-refractivity contribution in [2.45, 2.75) is 25.4 Å². The molecule has 2 N–H and O–H groups in total. The molecule has 1 aliphatic rings. The molecule has 0 unspecified atom stereocenters. The van der Waals surface area contributed by atoms with Crippen LogP contribution in [0.15, 0.2) is 54.2 Å². The van der Waals surface area contributed by atoms with Gasteiger partial charge in [-0.25, -0.2) is 4.98 Å². The number of piperidine rings is 1. The largest absolute Gasteiger partial charge is 0.492 e. The number of hydrogen-bond donors (Lipinski definition) is 2. The van der Waals surface area contributed by atoms with E-state index in [1.165, 1.54) is 11.3 Å². The van der Waals surface area contributed by atoms with Gasteiger partial charge in [-0.05, 0) is 42.7 Å². The first-order valence-corrected chi connectivity index (χ1v) is 11.3. The van der Waals surface area contributed by atoms with Gasteiger partial charge in [0.2, 0.25) is 5.91 Å². The minimum absolute atomic E-state index is 0.111. The Hall–Kier alpha value is -2.81. The van der Waals surface area contributed by atoms with Crippen LogP contribution in [0.5, 0.6) is 5.75 Å². The number of anilines is 1. The molecule has 3 heterocycles. The summed E-state index contributed by atoms with van der Waals surface area (Å²) in [6, 6.07) is 11.4. The Morgan fingerprint density at radius 3 is 2.84 bits per heavy atom. The lowest BCUT2D eigenvalue weighted by molar-refractivity contribution is -0.115. The normalized spacial score (nSPS) is 15.0. The highest BCUT2D eigenvalue weighted by Gasteiger charge is 2.16. The fraction of sp³-hybridized carbons (Fsp3) is 0.348. The number of likely N-dealkylation sites (tertiary alicyclic amines) is 1. The summed E-state index contributed by atoms with van der Waals surface area (Å²) in [5, 5.41) is 15.0. The van der Waals surface area contributed by atoms with E-state index in [-0.39, 0.29) is 18.4 Å². The molecule has 8 heteroatoms. The van der Waals surface area contributed by atoms with E-state index < -0.39 is 0 Å². The number of carbonyl (C=O) groups excluding carboxylic acids is 1. The number of thiazole rings is 1. The zero-order chi connectivity index (χ0) is 21.5. The van der Waals surface area contributed by atoms with Gasteiger partial charge in [-0.15, -0.1) is 11.3 Å². The van der Waals surface area contributed by atoms with E-state index in [0.717, 1.165) is 55.0 Å². The van der Waals surface area contributed by atoms with Gasteiger partial charge >= 0.3 is 0 Å². The summed E-state index contributed by atoms with van der Waals surface area (Å²) in [6.07, 6.45) is 5.19. The van der Waals surface area contributed by atoms with Crippen molar-refractivity contribution in [2.24, 2.45) is 0 Å². The molecule has 0 saturated carbocycles. The van der Waals surface area contributed by atoms with Gasteiger partial charge in [0.25, 0.3) is 0 Å². The maximum Gasteiger partial charge on any atom is 0.230 e. The third kappa shape index (κ3) is 6.33. The highest BCUT2D eigenvalue weighted by Crippen LogP contribution is 2.24. The molecule has 7 nitrogen and oxygen atoms in total. The number of hydrogen-bond acceptors (Lipinski definition) is 7. The number of benzene rings is 1. The number of carbonyl (C=O) groups is 1. The molecule has 0 bridgehead atoms. The van der Waals surface area contributed by atoms with Crippen molar-refractivity contribution in [1.29, 1.82) is 0 Å². The highest BCUT2D eigenvalue weighted by atomic mass is 32.1. The van der Waals surface area contributed by atoms with E-state index in [2.05, 4.69) is 20.2 Å². The number of pyridine rings is 1. The van der Waals surface area contributed by atoms with Crippen molar-refractivity contribution in [3.8, 4) is 17.0 Å². The van der Waals surface area contributed by atoms with Crippen molar-refractivity contribution >= 4 is 22.4 Å². The Morgan fingerprint density at radius 2 is 2.03 bits per heavy atom.